The van der Waals surface area contributed by atoms with Gasteiger partial charge < -0.3 is 10.6 Å². The fourth-order valence-electron chi connectivity index (χ4n) is 3.72. The Balaban J connectivity index is 1.72. The number of carbonyl (C=O) groups excluding carboxylic acids is 1. The van der Waals surface area contributed by atoms with E-state index in [0.717, 1.165) is 36.8 Å². The van der Waals surface area contributed by atoms with Crippen molar-refractivity contribution in [3.8, 4) is 0 Å². The number of allylic oxidation sites excluding steroid dienone is 1. The van der Waals surface area contributed by atoms with Gasteiger partial charge in [-0.25, -0.2) is 9.98 Å². The summed E-state index contributed by atoms with van der Waals surface area (Å²) in [5.74, 6) is 2.35. The number of aryl methyl sites for hydroxylation is 1. The smallest absolute Gasteiger partial charge is 0.136 e. The van der Waals surface area contributed by atoms with Crippen molar-refractivity contribution in [1.29, 1.82) is 0 Å². The summed E-state index contributed by atoms with van der Waals surface area (Å²) in [6, 6.07) is 2.23. The lowest BCUT2D eigenvalue weighted by atomic mass is 9.90. The number of hydrogen-bond donors (Lipinski definition) is 1. The zero-order chi connectivity index (χ0) is 16.7. The molecule has 3 aliphatic heterocycles. The van der Waals surface area contributed by atoms with Gasteiger partial charge in [0.25, 0.3) is 0 Å². The van der Waals surface area contributed by atoms with Gasteiger partial charge in [-0.1, -0.05) is 31.2 Å². The van der Waals surface area contributed by atoms with Crippen molar-refractivity contribution in [1.82, 2.24) is 4.98 Å². The maximum atomic E-state index is 11.5. The number of piperidine rings is 1. The summed E-state index contributed by atoms with van der Waals surface area (Å²) in [5, 5.41) is 1.26. The molecule has 1 aromatic rings. The highest BCUT2D eigenvalue weighted by atomic mass is 32.2. The Kier molecular flexibility index (Phi) is 4.08. The van der Waals surface area contributed by atoms with Gasteiger partial charge in [-0.3, -0.25) is 4.79 Å². The molecule has 4 heterocycles. The lowest BCUT2D eigenvalue weighted by Gasteiger charge is -2.28. The first-order chi connectivity index (χ1) is 11.7. The average molecular weight is 342 g/mol. The molecule has 0 aliphatic carbocycles. The zero-order valence-corrected chi connectivity index (χ0v) is 14.7. The van der Waals surface area contributed by atoms with Crippen LogP contribution in [-0.4, -0.2) is 34.9 Å². The van der Waals surface area contributed by atoms with E-state index >= 15 is 0 Å². The van der Waals surface area contributed by atoms with E-state index in [1.54, 1.807) is 11.8 Å². The van der Waals surface area contributed by atoms with Crippen LogP contribution in [0.4, 0.5) is 5.82 Å². The molecule has 1 fully saturated rings. The summed E-state index contributed by atoms with van der Waals surface area (Å²) in [6.07, 6.45) is 7.38. The number of amidine groups is 1. The van der Waals surface area contributed by atoms with Gasteiger partial charge in [-0.05, 0) is 23.6 Å². The molecular weight excluding hydrogens is 320 g/mol. The number of anilines is 1. The van der Waals surface area contributed by atoms with Crippen molar-refractivity contribution in [3.05, 3.63) is 29.5 Å². The summed E-state index contributed by atoms with van der Waals surface area (Å²) in [5.41, 5.74) is 8.82. The van der Waals surface area contributed by atoms with Crippen LogP contribution in [0.1, 0.15) is 43.2 Å². The molecule has 3 aliphatic rings. The van der Waals surface area contributed by atoms with Crippen molar-refractivity contribution >= 4 is 29.2 Å². The summed E-state index contributed by atoms with van der Waals surface area (Å²) in [7, 11) is 0. The molecule has 2 N–H and O–H groups in total. The van der Waals surface area contributed by atoms with E-state index in [1.807, 2.05) is 6.20 Å². The number of nitrogens with zero attached hydrogens (tertiary/aromatic N) is 3. The maximum Gasteiger partial charge on any atom is 0.136 e. The summed E-state index contributed by atoms with van der Waals surface area (Å²) in [6.45, 7) is 3.76. The van der Waals surface area contributed by atoms with Crippen molar-refractivity contribution in [2.24, 2.45) is 10.7 Å². The minimum Gasteiger partial charge on any atom is -0.386 e. The third kappa shape index (κ3) is 2.62. The largest absolute Gasteiger partial charge is 0.386 e. The van der Waals surface area contributed by atoms with Gasteiger partial charge in [0.05, 0.1) is 5.25 Å². The fourth-order valence-corrected chi connectivity index (χ4v) is 5.05. The number of nitrogens with two attached hydrogens (primary N) is 1. The van der Waals surface area contributed by atoms with E-state index in [0.29, 0.717) is 24.5 Å². The minimum absolute atomic E-state index is 0.172. The van der Waals surface area contributed by atoms with E-state index in [2.05, 4.69) is 29.0 Å². The van der Waals surface area contributed by atoms with Crippen molar-refractivity contribution < 1.29 is 4.79 Å². The Hall–Kier alpha value is -1.82. The number of Topliss-reactive ketones (excluding diaryl/α,β-unsaturated/α-hetero) is 1. The zero-order valence-electron chi connectivity index (χ0n) is 13.9. The molecule has 1 aromatic heterocycles. The normalized spacial score (nSPS) is 25.5. The van der Waals surface area contributed by atoms with E-state index in [-0.39, 0.29) is 11.2 Å². The van der Waals surface area contributed by atoms with E-state index in [9.17, 15) is 4.79 Å². The molecule has 4 rings (SSSR count). The van der Waals surface area contributed by atoms with Crippen LogP contribution < -0.4 is 10.6 Å². The maximum absolute atomic E-state index is 11.5. The number of carbonyl (C=O) groups is 1. The third-order valence-electron chi connectivity index (χ3n) is 4.97. The van der Waals surface area contributed by atoms with Gasteiger partial charge >= 0.3 is 0 Å². The minimum atomic E-state index is 0.172. The van der Waals surface area contributed by atoms with Crippen LogP contribution in [0.2, 0.25) is 0 Å². The van der Waals surface area contributed by atoms with Gasteiger partial charge in [-0.15, -0.1) is 0 Å². The average Bonchev–Trinajstić information content (AvgIpc) is 2.96. The van der Waals surface area contributed by atoms with Crippen molar-refractivity contribution in [2.75, 3.05) is 18.0 Å². The molecule has 2 unspecified atom stereocenters. The molecule has 5 nitrogen and oxygen atoms in total. The molecule has 6 heteroatoms. The first kappa shape index (κ1) is 15.7. The van der Waals surface area contributed by atoms with Gasteiger partial charge in [0.2, 0.25) is 0 Å². The number of aromatic nitrogens is 1. The van der Waals surface area contributed by atoms with Crippen LogP contribution in [0.5, 0.6) is 0 Å². The second-order valence-electron chi connectivity index (χ2n) is 6.59. The SMILES string of the molecule is CCCc1cc(N2CCC(=O)CC2)nc2c1C1C=CN=C(N)C1S2. The summed E-state index contributed by atoms with van der Waals surface area (Å²) >= 11 is 1.74. The molecule has 0 saturated carbocycles. The number of rotatable bonds is 3. The Morgan fingerprint density at radius 3 is 2.92 bits per heavy atom. The Morgan fingerprint density at radius 2 is 2.17 bits per heavy atom. The van der Waals surface area contributed by atoms with Crippen LogP contribution in [0.25, 0.3) is 0 Å². The predicted molar refractivity (Wildman–Crippen MR) is 97.8 cm³/mol. The predicted octanol–water partition coefficient (Wildman–Crippen LogP) is 2.65. The number of fused-ring (bicyclic) bond motifs is 3. The molecule has 0 spiro atoms. The van der Waals surface area contributed by atoms with Crippen molar-refractivity contribution in [3.63, 3.8) is 0 Å². The van der Waals surface area contributed by atoms with E-state index in [4.69, 9.17) is 10.7 Å². The van der Waals surface area contributed by atoms with Crippen LogP contribution in [0.15, 0.2) is 28.4 Å². The molecular formula is C18H22N4OS. The van der Waals surface area contributed by atoms with Gasteiger partial charge in [0.1, 0.15) is 22.5 Å². The Morgan fingerprint density at radius 1 is 1.38 bits per heavy atom. The Bertz CT molecular complexity index is 733. The second kappa shape index (κ2) is 6.24. The summed E-state index contributed by atoms with van der Waals surface area (Å²) in [4.78, 5) is 23.0. The number of ketones is 1. The molecule has 126 valence electrons. The van der Waals surface area contributed by atoms with Gasteiger partial charge in [0, 0.05) is 38.0 Å². The standard InChI is InChI=1S/C18H22N4OS/c1-2-3-11-10-14(22-8-5-12(23)6-9-22)21-18-15(11)13-4-7-20-17(19)16(13)24-18/h4,7,10,13,16H,2-3,5-6,8-9H2,1H3,(H2,19,20). The lowest BCUT2D eigenvalue weighted by molar-refractivity contribution is -0.119. The highest BCUT2D eigenvalue weighted by Crippen LogP contribution is 2.49. The monoisotopic (exact) mass is 342 g/mol. The van der Waals surface area contributed by atoms with Crippen LogP contribution >= 0.6 is 11.8 Å². The number of pyridine rings is 1. The second-order valence-corrected chi connectivity index (χ2v) is 7.72. The first-order valence-electron chi connectivity index (χ1n) is 8.64. The molecule has 1 saturated heterocycles. The molecule has 24 heavy (non-hydrogen) atoms. The van der Waals surface area contributed by atoms with Gasteiger partial charge in [-0.2, -0.15) is 0 Å². The van der Waals surface area contributed by atoms with Crippen molar-refractivity contribution in [2.45, 2.75) is 48.8 Å². The van der Waals surface area contributed by atoms with Crippen LogP contribution in [0, 0.1) is 0 Å². The van der Waals surface area contributed by atoms with E-state index in [1.165, 1.54) is 11.1 Å². The molecule has 0 amide bonds. The number of aliphatic imine (C=N–C) groups is 1. The molecule has 0 bridgehead atoms. The summed E-state index contributed by atoms with van der Waals surface area (Å²) < 4.78 is 0. The van der Waals surface area contributed by atoms with E-state index < -0.39 is 0 Å². The number of thioether (sulfide) groups is 1. The van der Waals surface area contributed by atoms with Crippen LogP contribution in [0.3, 0.4) is 0 Å². The van der Waals surface area contributed by atoms with Crippen LogP contribution in [-0.2, 0) is 11.2 Å². The molecule has 0 aromatic carbocycles. The molecule has 0 radical (unpaired) electrons. The van der Waals surface area contributed by atoms with Gasteiger partial charge in [0.15, 0.2) is 0 Å². The Labute approximate surface area is 146 Å². The highest BCUT2D eigenvalue weighted by Gasteiger charge is 2.39. The first-order valence-corrected chi connectivity index (χ1v) is 9.52. The topological polar surface area (TPSA) is 71.6 Å². The fraction of sp³-hybridized carbons (Fsp3) is 0.500. The number of hydrogen-bond acceptors (Lipinski definition) is 6. The third-order valence-corrected chi connectivity index (χ3v) is 6.29. The molecule has 2 atom stereocenters. The quantitative estimate of drug-likeness (QED) is 0.914. The lowest BCUT2D eigenvalue weighted by Crippen LogP contribution is -2.34. The highest BCUT2D eigenvalue weighted by molar-refractivity contribution is 8.01.